The monoisotopic (exact) mass is 202 g/mol. The van der Waals surface area contributed by atoms with Crippen LogP contribution in [0.25, 0.3) is 0 Å². The number of rotatable bonds is 7. The van der Waals surface area contributed by atoms with E-state index in [1.807, 2.05) is 6.92 Å². The third-order valence-electron chi connectivity index (χ3n) is 1.63. The van der Waals surface area contributed by atoms with E-state index in [0.717, 1.165) is 13.0 Å². The number of hydrogen-bond donors (Lipinski definition) is 0. The minimum Gasteiger partial charge on any atom is -0.463 e. The van der Waals surface area contributed by atoms with Crippen LogP contribution in [0.15, 0.2) is 12.7 Å². The molecule has 0 rings (SSSR count). The van der Waals surface area contributed by atoms with Crippen LogP contribution in [-0.4, -0.2) is 28.9 Å². The summed E-state index contributed by atoms with van der Waals surface area (Å²) in [5.41, 5.74) is 0.567. The second kappa shape index (κ2) is 8.01. The molecule has 76 valence electrons. The predicted molar refractivity (Wildman–Crippen MR) is 55.4 cm³/mol. The molecule has 1 unspecified atom stereocenters. The van der Waals surface area contributed by atoms with Gasteiger partial charge in [-0.15, -0.1) is 0 Å². The summed E-state index contributed by atoms with van der Waals surface area (Å²) >= 11 is 0. The standard InChI is InChI=1S/C9H18O3Si/c1-4-9(10)11-7-6-8(3)13-12-5-2/h4,8H,1,5-7,13H2,2-3H3. The first-order valence-corrected chi connectivity index (χ1v) is 5.97. The maximum absolute atomic E-state index is 10.6. The molecule has 0 heterocycles. The van der Waals surface area contributed by atoms with Crippen LogP contribution >= 0.6 is 0 Å². The Morgan fingerprint density at radius 3 is 2.92 bits per heavy atom. The fourth-order valence-electron chi connectivity index (χ4n) is 0.822. The molecule has 0 fully saturated rings. The minimum absolute atomic E-state index is 0.342. The number of carbonyl (C=O) groups is 1. The molecule has 0 aromatic carbocycles. The summed E-state index contributed by atoms with van der Waals surface area (Å²) < 4.78 is 10.2. The van der Waals surface area contributed by atoms with Gasteiger partial charge in [-0.25, -0.2) is 4.79 Å². The normalized spacial score (nSPS) is 13.1. The molecule has 0 saturated carbocycles. The second-order valence-electron chi connectivity index (χ2n) is 2.92. The molecule has 3 nitrogen and oxygen atoms in total. The first-order chi connectivity index (χ1) is 6.20. The average Bonchev–Trinajstić information content (AvgIpc) is 2.14. The lowest BCUT2D eigenvalue weighted by Gasteiger charge is -2.09. The molecule has 0 aliphatic heterocycles. The van der Waals surface area contributed by atoms with Crippen molar-refractivity contribution in [1.29, 1.82) is 0 Å². The molecule has 0 N–H and O–H groups in total. The highest BCUT2D eigenvalue weighted by Gasteiger charge is 2.04. The molecular formula is C9H18O3Si. The van der Waals surface area contributed by atoms with Crippen molar-refractivity contribution < 1.29 is 14.0 Å². The largest absolute Gasteiger partial charge is 0.463 e. The first kappa shape index (κ1) is 12.4. The van der Waals surface area contributed by atoms with Gasteiger partial charge in [0.05, 0.1) is 6.61 Å². The van der Waals surface area contributed by atoms with E-state index in [0.29, 0.717) is 12.1 Å². The van der Waals surface area contributed by atoms with E-state index in [1.165, 1.54) is 6.08 Å². The summed E-state index contributed by atoms with van der Waals surface area (Å²) in [4.78, 5) is 10.6. The predicted octanol–water partition coefficient (Wildman–Crippen LogP) is 1.03. The van der Waals surface area contributed by atoms with Crippen molar-refractivity contribution in [3.8, 4) is 0 Å². The van der Waals surface area contributed by atoms with Gasteiger partial charge < -0.3 is 9.16 Å². The van der Waals surface area contributed by atoms with Gasteiger partial charge >= 0.3 is 5.97 Å². The van der Waals surface area contributed by atoms with Crippen molar-refractivity contribution in [2.45, 2.75) is 25.8 Å². The van der Waals surface area contributed by atoms with Crippen molar-refractivity contribution >= 4 is 15.7 Å². The molecule has 0 saturated heterocycles. The van der Waals surface area contributed by atoms with Crippen LogP contribution in [0.4, 0.5) is 0 Å². The lowest BCUT2D eigenvalue weighted by Crippen LogP contribution is -2.09. The Kier molecular flexibility index (Phi) is 7.63. The fraction of sp³-hybridized carbons (Fsp3) is 0.667. The van der Waals surface area contributed by atoms with Crippen LogP contribution in [0.3, 0.4) is 0 Å². The molecular weight excluding hydrogens is 184 g/mol. The molecule has 0 aromatic rings. The van der Waals surface area contributed by atoms with E-state index in [9.17, 15) is 4.79 Å². The molecule has 0 spiro atoms. The molecule has 0 bridgehead atoms. The van der Waals surface area contributed by atoms with Gasteiger partial charge in [0.1, 0.15) is 0 Å². The van der Waals surface area contributed by atoms with E-state index < -0.39 is 9.76 Å². The quantitative estimate of drug-likeness (QED) is 0.351. The third kappa shape index (κ3) is 7.74. The number of hydrogen-bond acceptors (Lipinski definition) is 3. The number of esters is 1. The van der Waals surface area contributed by atoms with Crippen LogP contribution in [0, 0.1) is 0 Å². The van der Waals surface area contributed by atoms with Crippen molar-refractivity contribution in [2.75, 3.05) is 13.2 Å². The Balaban J connectivity index is 3.30. The molecule has 1 atom stereocenters. The van der Waals surface area contributed by atoms with Crippen LogP contribution in [0.2, 0.25) is 5.54 Å². The van der Waals surface area contributed by atoms with Gasteiger partial charge in [0.2, 0.25) is 0 Å². The van der Waals surface area contributed by atoms with Crippen LogP contribution in [0.5, 0.6) is 0 Å². The minimum atomic E-state index is -0.433. The highest BCUT2D eigenvalue weighted by atomic mass is 28.2. The Bertz CT molecular complexity index is 159. The van der Waals surface area contributed by atoms with Crippen LogP contribution in [-0.2, 0) is 14.0 Å². The first-order valence-electron chi connectivity index (χ1n) is 4.57. The molecule has 0 aliphatic carbocycles. The molecule has 4 heteroatoms. The lowest BCUT2D eigenvalue weighted by molar-refractivity contribution is -0.137. The number of carbonyl (C=O) groups excluding carboxylic acids is 1. The molecule has 13 heavy (non-hydrogen) atoms. The molecule has 0 aliphatic rings. The zero-order chi connectivity index (χ0) is 10.1. The topological polar surface area (TPSA) is 35.5 Å². The van der Waals surface area contributed by atoms with Gasteiger partial charge in [0.25, 0.3) is 0 Å². The zero-order valence-electron chi connectivity index (χ0n) is 8.41. The summed E-state index contributed by atoms with van der Waals surface area (Å²) in [7, 11) is -0.433. The highest BCUT2D eigenvalue weighted by Crippen LogP contribution is 2.07. The van der Waals surface area contributed by atoms with E-state index >= 15 is 0 Å². The number of ether oxygens (including phenoxy) is 1. The van der Waals surface area contributed by atoms with Crippen LogP contribution < -0.4 is 0 Å². The van der Waals surface area contributed by atoms with Gasteiger partial charge in [-0.2, -0.15) is 0 Å². The summed E-state index contributed by atoms with van der Waals surface area (Å²) in [6.07, 6.45) is 2.08. The summed E-state index contributed by atoms with van der Waals surface area (Å²) in [5, 5.41) is 0. The van der Waals surface area contributed by atoms with E-state index in [4.69, 9.17) is 9.16 Å². The maximum Gasteiger partial charge on any atom is 0.330 e. The van der Waals surface area contributed by atoms with E-state index in [1.54, 1.807) is 0 Å². The average molecular weight is 202 g/mol. The van der Waals surface area contributed by atoms with Gasteiger partial charge in [-0.05, 0) is 18.9 Å². The Morgan fingerprint density at radius 1 is 1.69 bits per heavy atom. The zero-order valence-corrected chi connectivity index (χ0v) is 9.83. The maximum atomic E-state index is 10.6. The smallest absolute Gasteiger partial charge is 0.330 e. The van der Waals surface area contributed by atoms with Gasteiger partial charge in [-0.1, -0.05) is 13.5 Å². The molecule has 0 aromatic heterocycles. The van der Waals surface area contributed by atoms with Crippen LogP contribution in [0.1, 0.15) is 20.3 Å². The summed E-state index contributed by atoms with van der Waals surface area (Å²) in [5.74, 6) is -0.342. The van der Waals surface area contributed by atoms with Crippen molar-refractivity contribution in [3.05, 3.63) is 12.7 Å². The van der Waals surface area contributed by atoms with Crippen molar-refractivity contribution in [1.82, 2.24) is 0 Å². The third-order valence-corrected chi connectivity index (χ3v) is 3.25. The van der Waals surface area contributed by atoms with Gasteiger partial charge in [-0.3, -0.25) is 0 Å². The molecule has 0 radical (unpaired) electrons. The fourth-order valence-corrected chi connectivity index (χ4v) is 1.79. The SMILES string of the molecule is C=CC(=O)OCCC(C)[SiH2]OCC. The Morgan fingerprint density at radius 2 is 2.38 bits per heavy atom. The summed E-state index contributed by atoms with van der Waals surface area (Å²) in [6.45, 7) is 8.72. The van der Waals surface area contributed by atoms with Gasteiger partial charge in [0, 0.05) is 12.7 Å². The highest BCUT2D eigenvalue weighted by molar-refractivity contribution is 6.29. The van der Waals surface area contributed by atoms with E-state index in [2.05, 4.69) is 13.5 Å². The van der Waals surface area contributed by atoms with E-state index in [-0.39, 0.29) is 5.97 Å². The second-order valence-corrected chi connectivity index (χ2v) is 5.06. The van der Waals surface area contributed by atoms with Gasteiger partial charge in [0.15, 0.2) is 9.76 Å². The summed E-state index contributed by atoms with van der Waals surface area (Å²) in [6, 6.07) is 0. The lowest BCUT2D eigenvalue weighted by atomic mass is 10.3. The molecule has 0 amide bonds. The van der Waals surface area contributed by atoms with Crippen molar-refractivity contribution in [2.24, 2.45) is 0 Å². The van der Waals surface area contributed by atoms with Crippen molar-refractivity contribution in [3.63, 3.8) is 0 Å². The Labute approximate surface area is 82.1 Å². The Hall–Kier alpha value is -0.613.